The van der Waals surface area contributed by atoms with Crippen LogP contribution in [-0.2, 0) is 19.1 Å². The number of carbonyl (C=O) groups is 2. The molecule has 0 aromatic heterocycles. The second kappa shape index (κ2) is 8.03. The van der Waals surface area contributed by atoms with Crippen molar-refractivity contribution in [2.24, 2.45) is 5.73 Å². The lowest BCUT2D eigenvalue weighted by atomic mass is 10.2. The molecule has 0 aromatic rings. The number of ether oxygens (including phenoxy) is 2. The van der Waals surface area contributed by atoms with Crippen LogP contribution in [0.25, 0.3) is 0 Å². The minimum atomic E-state index is -0.984. The van der Waals surface area contributed by atoms with Crippen molar-refractivity contribution in [3.05, 3.63) is 0 Å². The van der Waals surface area contributed by atoms with Crippen LogP contribution in [0, 0.1) is 0 Å². The van der Waals surface area contributed by atoms with Crippen molar-refractivity contribution in [2.75, 3.05) is 27.4 Å². The molecule has 0 spiro atoms. The van der Waals surface area contributed by atoms with E-state index in [4.69, 9.17) is 20.3 Å². The molecule has 7 nitrogen and oxygen atoms in total. The minimum absolute atomic E-state index is 0.110. The molecule has 0 saturated heterocycles. The van der Waals surface area contributed by atoms with E-state index < -0.39 is 24.0 Å². The highest BCUT2D eigenvalue weighted by Crippen LogP contribution is 1.95. The van der Waals surface area contributed by atoms with Crippen molar-refractivity contribution in [1.82, 2.24) is 5.32 Å². The van der Waals surface area contributed by atoms with Crippen LogP contribution in [0.15, 0.2) is 0 Å². The monoisotopic (exact) mass is 234 g/mol. The summed E-state index contributed by atoms with van der Waals surface area (Å²) < 4.78 is 9.59. The number of hydrogen-bond donors (Lipinski definition) is 3. The molecule has 0 aliphatic carbocycles. The number of carbonyl (C=O) groups excluding carboxylic acids is 1. The molecule has 0 heterocycles. The standard InChI is InChI=1S/C9H18N2O5/c1-15-5-7(10)9(14)11-4-6(16-2)3-8(12)13/h6-7H,3-5,10H2,1-2H3,(H,11,14)(H,12,13). The van der Waals surface area contributed by atoms with Gasteiger partial charge >= 0.3 is 5.97 Å². The van der Waals surface area contributed by atoms with Crippen LogP contribution >= 0.6 is 0 Å². The van der Waals surface area contributed by atoms with Crippen LogP contribution < -0.4 is 11.1 Å². The summed E-state index contributed by atoms with van der Waals surface area (Å²) >= 11 is 0. The normalized spacial score (nSPS) is 14.2. The summed E-state index contributed by atoms with van der Waals surface area (Å²) in [5, 5.41) is 11.0. The Balaban J connectivity index is 3.91. The Morgan fingerprint density at radius 2 is 2.06 bits per heavy atom. The van der Waals surface area contributed by atoms with Gasteiger partial charge < -0.3 is 25.6 Å². The average molecular weight is 234 g/mol. The third kappa shape index (κ3) is 6.33. The maximum absolute atomic E-state index is 11.3. The summed E-state index contributed by atoms with van der Waals surface area (Å²) in [4.78, 5) is 21.7. The topological polar surface area (TPSA) is 111 Å². The number of rotatable bonds is 8. The van der Waals surface area contributed by atoms with Crippen LogP contribution in [0.3, 0.4) is 0 Å². The molecule has 0 rings (SSSR count). The Bertz CT molecular complexity index is 234. The maximum atomic E-state index is 11.3. The molecular weight excluding hydrogens is 216 g/mol. The number of nitrogens with two attached hydrogens (primary N) is 1. The summed E-state index contributed by atoms with van der Waals surface area (Å²) in [5.74, 6) is -1.38. The first-order valence-electron chi connectivity index (χ1n) is 4.78. The molecule has 0 aromatic carbocycles. The third-order valence-electron chi connectivity index (χ3n) is 1.92. The summed E-state index contributed by atoms with van der Waals surface area (Å²) in [6.45, 7) is 0.224. The van der Waals surface area contributed by atoms with Gasteiger partial charge in [0, 0.05) is 20.8 Å². The summed E-state index contributed by atoms with van der Waals surface area (Å²) in [7, 11) is 2.82. The van der Waals surface area contributed by atoms with Gasteiger partial charge in [-0.05, 0) is 0 Å². The van der Waals surface area contributed by atoms with Crippen LogP contribution in [0.4, 0.5) is 0 Å². The molecule has 7 heteroatoms. The van der Waals surface area contributed by atoms with Crippen LogP contribution in [0.1, 0.15) is 6.42 Å². The number of nitrogens with one attached hydrogen (secondary N) is 1. The van der Waals surface area contributed by atoms with Gasteiger partial charge in [-0.1, -0.05) is 0 Å². The van der Waals surface area contributed by atoms with E-state index in [2.05, 4.69) is 5.32 Å². The number of methoxy groups -OCH3 is 2. The fraction of sp³-hybridized carbons (Fsp3) is 0.778. The molecule has 0 aliphatic heterocycles. The lowest BCUT2D eigenvalue weighted by molar-refractivity contribution is -0.140. The molecule has 2 atom stereocenters. The fourth-order valence-corrected chi connectivity index (χ4v) is 1.03. The maximum Gasteiger partial charge on any atom is 0.306 e. The number of aliphatic carboxylic acids is 1. The number of hydrogen-bond acceptors (Lipinski definition) is 5. The first kappa shape index (κ1) is 14.8. The number of carboxylic acids is 1. The van der Waals surface area contributed by atoms with E-state index in [1.165, 1.54) is 14.2 Å². The second-order valence-corrected chi connectivity index (χ2v) is 3.26. The van der Waals surface area contributed by atoms with Gasteiger partial charge in [0.05, 0.1) is 19.1 Å². The van der Waals surface area contributed by atoms with Gasteiger partial charge in [-0.15, -0.1) is 0 Å². The minimum Gasteiger partial charge on any atom is -0.481 e. The highest BCUT2D eigenvalue weighted by Gasteiger charge is 2.16. The summed E-state index contributed by atoms with van der Waals surface area (Å²) in [6, 6.07) is -0.757. The number of amides is 1. The van der Waals surface area contributed by atoms with Crippen molar-refractivity contribution in [3.63, 3.8) is 0 Å². The van der Waals surface area contributed by atoms with Gasteiger partial charge in [0.25, 0.3) is 0 Å². The molecule has 1 amide bonds. The Morgan fingerprint density at radius 1 is 1.44 bits per heavy atom. The largest absolute Gasteiger partial charge is 0.481 e. The first-order chi connectivity index (χ1) is 7.51. The third-order valence-corrected chi connectivity index (χ3v) is 1.92. The van der Waals surface area contributed by atoms with E-state index in [0.29, 0.717) is 0 Å². The molecule has 2 unspecified atom stereocenters. The second-order valence-electron chi connectivity index (χ2n) is 3.26. The molecule has 0 aliphatic rings. The smallest absolute Gasteiger partial charge is 0.306 e. The molecule has 0 fully saturated rings. The fourth-order valence-electron chi connectivity index (χ4n) is 1.03. The van der Waals surface area contributed by atoms with Gasteiger partial charge in [-0.2, -0.15) is 0 Å². The summed E-state index contributed by atoms with van der Waals surface area (Å²) in [5.41, 5.74) is 5.46. The van der Waals surface area contributed by atoms with E-state index in [-0.39, 0.29) is 19.6 Å². The highest BCUT2D eigenvalue weighted by molar-refractivity contribution is 5.81. The van der Waals surface area contributed by atoms with Gasteiger partial charge in [0.15, 0.2) is 0 Å². The van der Waals surface area contributed by atoms with E-state index in [1.807, 2.05) is 0 Å². The van der Waals surface area contributed by atoms with Crippen molar-refractivity contribution in [3.8, 4) is 0 Å². The molecule has 0 bridgehead atoms. The van der Waals surface area contributed by atoms with Crippen LogP contribution in [-0.4, -0.2) is 56.5 Å². The van der Waals surface area contributed by atoms with Gasteiger partial charge in [-0.3, -0.25) is 9.59 Å². The Labute approximate surface area is 93.9 Å². The van der Waals surface area contributed by atoms with E-state index in [0.717, 1.165) is 0 Å². The van der Waals surface area contributed by atoms with Crippen molar-refractivity contribution in [2.45, 2.75) is 18.6 Å². The van der Waals surface area contributed by atoms with Crippen molar-refractivity contribution >= 4 is 11.9 Å². The Hall–Kier alpha value is -1.18. The zero-order valence-electron chi connectivity index (χ0n) is 9.43. The lowest BCUT2D eigenvalue weighted by Crippen LogP contribution is -2.46. The molecule has 0 saturated carbocycles. The first-order valence-corrected chi connectivity index (χ1v) is 4.78. The zero-order valence-corrected chi connectivity index (χ0v) is 9.43. The van der Waals surface area contributed by atoms with E-state index in [1.54, 1.807) is 0 Å². The quantitative estimate of drug-likeness (QED) is 0.474. The SMILES string of the molecule is COCC(N)C(=O)NCC(CC(=O)O)OC. The highest BCUT2D eigenvalue weighted by atomic mass is 16.5. The Morgan fingerprint density at radius 3 is 2.50 bits per heavy atom. The summed E-state index contributed by atoms with van der Waals surface area (Å²) in [6.07, 6.45) is -0.729. The van der Waals surface area contributed by atoms with Gasteiger partial charge in [-0.25, -0.2) is 0 Å². The molecular formula is C9H18N2O5. The predicted molar refractivity (Wildman–Crippen MR) is 55.9 cm³/mol. The van der Waals surface area contributed by atoms with Crippen LogP contribution in [0.2, 0.25) is 0 Å². The molecule has 0 radical (unpaired) electrons. The van der Waals surface area contributed by atoms with E-state index in [9.17, 15) is 9.59 Å². The van der Waals surface area contributed by atoms with Crippen LogP contribution in [0.5, 0.6) is 0 Å². The average Bonchev–Trinajstić information content (AvgIpc) is 2.23. The van der Waals surface area contributed by atoms with Gasteiger partial charge in [0.1, 0.15) is 6.04 Å². The van der Waals surface area contributed by atoms with E-state index >= 15 is 0 Å². The van der Waals surface area contributed by atoms with Crippen molar-refractivity contribution in [1.29, 1.82) is 0 Å². The van der Waals surface area contributed by atoms with Crippen molar-refractivity contribution < 1.29 is 24.2 Å². The number of carboxylic acid groups (broad SMARTS) is 1. The van der Waals surface area contributed by atoms with Gasteiger partial charge in [0.2, 0.25) is 5.91 Å². The molecule has 4 N–H and O–H groups in total. The molecule has 94 valence electrons. The Kier molecular flexibility index (Phi) is 7.44. The zero-order chi connectivity index (χ0) is 12.6. The lowest BCUT2D eigenvalue weighted by Gasteiger charge is -2.16. The predicted octanol–water partition coefficient (Wildman–Crippen LogP) is -1.43. The molecule has 16 heavy (non-hydrogen) atoms.